The maximum atomic E-state index is 12.7. The molecule has 0 spiro atoms. The number of benzene rings is 1. The maximum Gasteiger partial charge on any atom is 0.326 e. The second-order valence-electron chi connectivity index (χ2n) is 5.54. The normalized spacial score (nSPS) is 18.1. The molecule has 1 saturated heterocycles. The number of carboxylic acids is 1. The number of carboxylic acid groups (broad SMARTS) is 1. The molecular formula is C15H15N3O5. The zero-order valence-corrected chi connectivity index (χ0v) is 12.2. The number of hydrogen-bond acceptors (Lipinski definition) is 4. The molecule has 8 nitrogen and oxygen atoms in total. The van der Waals surface area contributed by atoms with Crippen LogP contribution in [0.1, 0.15) is 29.6 Å². The Morgan fingerprint density at radius 2 is 2.13 bits per heavy atom. The van der Waals surface area contributed by atoms with Crippen molar-refractivity contribution in [1.82, 2.24) is 9.88 Å². The maximum absolute atomic E-state index is 12.7. The van der Waals surface area contributed by atoms with Gasteiger partial charge in [0.1, 0.15) is 6.04 Å². The predicted molar refractivity (Wildman–Crippen MR) is 81.3 cm³/mol. The van der Waals surface area contributed by atoms with Gasteiger partial charge in [0, 0.05) is 35.8 Å². The lowest BCUT2D eigenvalue weighted by molar-refractivity contribution is -0.384. The van der Waals surface area contributed by atoms with E-state index in [1.165, 1.54) is 29.3 Å². The molecular weight excluding hydrogens is 302 g/mol. The Morgan fingerprint density at radius 3 is 2.83 bits per heavy atom. The summed E-state index contributed by atoms with van der Waals surface area (Å²) in [5.41, 5.74) is 0.749. The van der Waals surface area contributed by atoms with Gasteiger partial charge in [-0.15, -0.1) is 0 Å². The van der Waals surface area contributed by atoms with Gasteiger partial charge >= 0.3 is 5.97 Å². The molecule has 1 aliphatic heterocycles. The van der Waals surface area contributed by atoms with Crippen LogP contribution in [0.3, 0.4) is 0 Å². The first kappa shape index (κ1) is 15.0. The first-order valence-electron chi connectivity index (χ1n) is 7.28. The molecule has 0 radical (unpaired) electrons. The van der Waals surface area contributed by atoms with E-state index in [1.807, 2.05) is 0 Å². The molecule has 1 aliphatic rings. The second-order valence-corrected chi connectivity index (χ2v) is 5.54. The van der Waals surface area contributed by atoms with Gasteiger partial charge in [0.15, 0.2) is 0 Å². The SMILES string of the molecule is O=C(O)C1CCCCN1C(=O)c1c[nH]c2ccc([N+](=O)[O-])cc12. The number of aromatic nitrogens is 1. The molecule has 2 aromatic rings. The highest BCUT2D eigenvalue weighted by atomic mass is 16.6. The molecule has 1 aromatic heterocycles. The summed E-state index contributed by atoms with van der Waals surface area (Å²) < 4.78 is 0. The number of rotatable bonds is 3. The molecule has 1 fully saturated rings. The van der Waals surface area contributed by atoms with Gasteiger partial charge in [-0.3, -0.25) is 14.9 Å². The molecule has 120 valence electrons. The lowest BCUT2D eigenvalue weighted by Gasteiger charge is -2.32. The average molecular weight is 317 g/mol. The lowest BCUT2D eigenvalue weighted by Crippen LogP contribution is -2.47. The number of H-pyrrole nitrogens is 1. The molecule has 2 N–H and O–H groups in total. The summed E-state index contributed by atoms with van der Waals surface area (Å²) in [5, 5.41) is 20.6. The first-order chi connectivity index (χ1) is 11.0. The van der Waals surface area contributed by atoms with Crippen molar-refractivity contribution in [2.24, 2.45) is 0 Å². The molecule has 3 rings (SSSR count). The van der Waals surface area contributed by atoms with Crippen molar-refractivity contribution in [3.8, 4) is 0 Å². The highest BCUT2D eigenvalue weighted by Gasteiger charge is 2.33. The third-order valence-corrected chi connectivity index (χ3v) is 4.16. The van der Waals surface area contributed by atoms with Gasteiger partial charge in [-0.05, 0) is 25.3 Å². The number of likely N-dealkylation sites (tertiary alicyclic amines) is 1. The van der Waals surface area contributed by atoms with E-state index >= 15 is 0 Å². The number of aliphatic carboxylic acids is 1. The van der Waals surface area contributed by atoms with Gasteiger partial charge < -0.3 is 15.0 Å². The van der Waals surface area contributed by atoms with E-state index < -0.39 is 22.8 Å². The number of piperidine rings is 1. The van der Waals surface area contributed by atoms with Crippen molar-refractivity contribution in [2.45, 2.75) is 25.3 Å². The molecule has 0 aliphatic carbocycles. The van der Waals surface area contributed by atoms with Gasteiger partial charge in [-0.1, -0.05) is 0 Å². The highest BCUT2D eigenvalue weighted by molar-refractivity contribution is 6.08. The number of nitro groups is 1. The van der Waals surface area contributed by atoms with Crippen molar-refractivity contribution in [3.05, 3.63) is 40.1 Å². The van der Waals surface area contributed by atoms with Crippen LogP contribution in [0.25, 0.3) is 10.9 Å². The van der Waals surface area contributed by atoms with Crippen molar-refractivity contribution < 1.29 is 19.6 Å². The number of non-ortho nitro benzene ring substituents is 1. The minimum absolute atomic E-state index is 0.112. The van der Waals surface area contributed by atoms with Gasteiger partial charge in [0.25, 0.3) is 11.6 Å². The lowest BCUT2D eigenvalue weighted by atomic mass is 10.0. The summed E-state index contributed by atoms with van der Waals surface area (Å²) in [6.45, 7) is 0.372. The number of carbonyl (C=O) groups is 2. The Bertz CT molecular complexity index is 798. The topological polar surface area (TPSA) is 117 Å². The van der Waals surface area contributed by atoms with E-state index in [4.69, 9.17) is 0 Å². The molecule has 8 heteroatoms. The number of amides is 1. The van der Waals surface area contributed by atoms with Crippen LogP contribution in [0, 0.1) is 10.1 Å². The fourth-order valence-electron chi connectivity index (χ4n) is 2.99. The first-order valence-corrected chi connectivity index (χ1v) is 7.28. The fraction of sp³-hybridized carbons (Fsp3) is 0.333. The van der Waals surface area contributed by atoms with Gasteiger partial charge in [-0.25, -0.2) is 4.79 Å². The molecule has 1 aromatic carbocycles. The van der Waals surface area contributed by atoms with Crippen molar-refractivity contribution in [2.75, 3.05) is 6.54 Å². The smallest absolute Gasteiger partial charge is 0.326 e. The standard InChI is InChI=1S/C15H15N3O5/c19-14(17-6-2-1-3-13(17)15(20)21)11-8-16-12-5-4-9(18(22)23)7-10(11)12/h4-5,7-8,13,16H,1-3,6H2,(H,20,21). The molecule has 0 saturated carbocycles. The summed E-state index contributed by atoms with van der Waals surface area (Å²) in [6, 6.07) is 3.38. The van der Waals surface area contributed by atoms with Crippen molar-refractivity contribution >= 4 is 28.5 Å². The van der Waals surface area contributed by atoms with E-state index in [9.17, 15) is 24.8 Å². The van der Waals surface area contributed by atoms with E-state index in [2.05, 4.69) is 4.98 Å². The largest absolute Gasteiger partial charge is 0.480 e. The highest BCUT2D eigenvalue weighted by Crippen LogP contribution is 2.27. The summed E-state index contributed by atoms with van der Waals surface area (Å²) >= 11 is 0. The van der Waals surface area contributed by atoms with Gasteiger partial charge in [0.2, 0.25) is 0 Å². The predicted octanol–water partition coefficient (Wildman–Crippen LogP) is 2.16. The number of aromatic amines is 1. The molecule has 2 heterocycles. The quantitative estimate of drug-likeness (QED) is 0.664. The second kappa shape index (κ2) is 5.71. The van der Waals surface area contributed by atoms with Crippen LogP contribution in [-0.4, -0.2) is 44.4 Å². The van der Waals surface area contributed by atoms with E-state index in [0.717, 1.165) is 12.8 Å². The number of nitro benzene ring substituents is 1. The monoisotopic (exact) mass is 317 g/mol. The van der Waals surface area contributed by atoms with Crippen LogP contribution in [-0.2, 0) is 4.79 Å². The number of nitrogens with one attached hydrogen (secondary N) is 1. The van der Waals surface area contributed by atoms with E-state index in [-0.39, 0.29) is 11.3 Å². The average Bonchev–Trinajstić information content (AvgIpc) is 2.97. The van der Waals surface area contributed by atoms with Crippen LogP contribution in [0.5, 0.6) is 0 Å². The molecule has 1 atom stereocenters. The Kier molecular flexibility index (Phi) is 3.73. The summed E-state index contributed by atoms with van der Waals surface area (Å²) in [6.07, 6.45) is 3.41. The number of nitrogens with zero attached hydrogens (tertiary/aromatic N) is 2. The Labute approximate surface area is 130 Å². The summed E-state index contributed by atoms with van der Waals surface area (Å²) in [4.78, 5) is 38.7. The molecule has 1 unspecified atom stereocenters. The Morgan fingerprint density at radius 1 is 1.35 bits per heavy atom. The van der Waals surface area contributed by atoms with E-state index in [0.29, 0.717) is 23.9 Å². The minimum atomic E-state index is -1.02. The molecule has 23 heavy (non-hydrogen) atoms. The van der Waals surface area contributed by atoms with Gasteiger partial charge in [-0.2, -0.15) is 0 Å². The van der Waals surface area contributed by atoms with E-state index in [1.54, 1.807) is 0 Å². The zero-order chi connectivity index (χ0) is 16.6. The molecule has 0 bridgehead atoms. The summed E-state index contributed by atoms with van der Waals surface area (Å²) in [7, 11) is 0. The Balaban J connectivity index is 2.01. The number of hydrogen-bond donors (Lipinski definition) is 2. The van der Waals surface area contributed by atoms with Crippen LogP contribution < -0.4 is 0 Å². The Hall–Kier alpha value is -2.90. The minimum Gasteiger partial charge on any atom is -0.480 e. The third kappa shape index (κ3) is 2.63. The van der Waals surface area contributed by atoms with Crippen LogP contribution in [0.15, 0.2) is 24.4 Å². The van der Waals surface area contributed by atoms with Crippen LogP contribution in [0.4, 0.5) is 5.69 Å². The number of carbonyl (C=O) groups excluding carboxylic acids is 1. The zero-order valence-electron chi connectivity index (χ0n) is 12.2. The van der Waals surface area contributed by atoms with Crippen LogP contribution >= 0.6 is 0 Å². The third-order valence-electron chi connectivity index (χ3n) is 4.16. The van der Waals surface area contributed by atoms with Crippen LogP contribution in [0.2, 0.25) is 0 Å². The van der Waals surface area contributed by atoms with Crippen molar-refractivity contribution in [1.29, 1.82) is 0 Å². The molecule has 1 amide bonds. The van der Waals surface area contributed by atoms with Crippen molar-refractivity contribution in [3.63, 3.8) is 0 Å². The fourth-order valence-corrected chi connectivity index (χ4v) is 2.99. The van der Waals surface area contributed by atoms with Gasteiger partial charge in [0.05, 0.1) is 10.5 Å². The summed E-state index contributed by atoms with van der Waals surface area (Å²) in [5.74, 6) is -1.44. The number of fused-ring (bicyclic) bond motifs is 1.